The van der Waals surface area contributed by atoms with Gasteiger partial charge in [-0.15, -0.1) is 0 Å². The van der Waals surface area contributed by atoms with Crippen molar-refractivity contribution >= 4 is 33.7 Å². The van der Waals surface area contributed by atoms with Crippen LogP contribution in [0.2, 0.25) is 0 Å². The van der Waals surface area contributed by atoms with Crippen molar-refractivity contribution in [1.82, 2.24) is 0 Å². The van der Waals surface area contributed by atoms with Crippen LogP contribution < -0.4 is 5.32 Å². The van der Waals surface area contributed by atoms with Crippen LogP contribution in [0.15, 0.2) is 52.1 Å². The number of hydrogen-bond donors (Lipinski definition) is 1. The van der Waals surface area contributed by atoms with E-state index in [1.54, 1.807) is 12.3 Å². The summed E-state index contributed by atoms with van der Waals surface area (Å²) in [5, 5.41) is 6.60. The van der Waals surface area contributed by atoms with Crippen LogP contribution in [0.4, 0.5) is 10.1 Å². The summed E-state index contributed by atoms with van der Waals surface area (Å²) < 4.78 is 13.8. The quantitative estimate of drug-likeness (QED) is 0.885. The normalized spacial score (nSPS) is 16.4. The van der Waals surface area contributed by atoms with Crippen molar-refractivity contribution in [2.75, 3.05) is 5.32 Å². The molecule has 0 spiro atoms. The molecule has 0 radical (unpaired) electrons. The number of hydrogen-bond acceptors (Lipinski definition) is 3. The van der Waals surface area contributed by atoms with Crippen molar-refractivity contribution in [2.45, 2.75) is 12.5 Å². The van der Waals surface area contributed by atoms with E-state index in [1.807, 2.05) is 12.1 Å². The number of amides is 1. The number of carbonyl (C=O) groups excluding carboxylic acids is 1. The highest BCUT2D eigenvalue weighted by molar-refractivity contribution is 9.10. The summed E-state index contributed by atoms with van der Waals surface area (Å²) in [5.74, 6) is -0.686. The van der Waals surface area contributed by atoms with Crippen LogP contribution in [0.25, 0.3) is 0 Å². The number of halogens is 2. The largest absolute Gasteiger partial charge is 0.387 e. The van der Waals surface area contributed by atoms with Crippen LogP contribution in [0.1, 0.15) is 28.4 Å². The number of nitrogens with zero attached hydrogens (tertiary/aromatic N) is 1. The van der Waals surface area contributed by atoms with Gasteiger partial charge in [-0.3, -0.25) is 4.79 Å². The van der Waals surface area contributed by atoms with Crippen LogP contribution in [0, 0.1) is 5.82 Å². The second-order valence-electron chi connectivity index (χ2n) is 4.81. The lowest BCUT2D eigenvalue weighted by atomic mass is 10.0. The third kappa shape index (κ3) is 3.17. The van der Waals surface area contributed by atoms with Gasteiger partial charge in [0.25, 0.3) is 5.91 Å². The van der Waals surface area contributed by atoms with Gasteiger partial charge in [-0.25, -0.2) is 4.39 Å². The van der Waals surface area contributed by atoms with Gasteiger partial charge in [0.05, 0.1) is 0 Å². The Balaban J connectivity index is 1.86. The Labute approximate surface area is 135 Å². The Morgan fingerprint density at radius 3 is 2.73 bits per heavy atom. The summed E-state index contributed by atoms with van der Waals surface area (Å²) in [7, 11) is 0. The Bertz CT molecular complexity index is 723. The van der Waals surface area contributed by atoms with E-state index in [4.69, 9.17) is 4.84 Å². The summed E-state index contributed by atoms with van der Waals surface area (Å²) in [6, 6.07) is 11.0. The number of oxime groups is 1. The molecule has 0 aliphatic carbocycles. The monoisotopic (exact) mass is 362 g/mol. The zero-order valence-electron chi connectivity index (χ0n) is 11.4. The molecule has 0 aromatic heterocycles. The van der Waals surface area contributed by atoms with E-state index in [0.29, 0.717) is 17.7 Å². The standard InChI is InChI=1S/C16H12BrFN2O2/c17-11-3-6-13(15-7-8-19-22-15)14(9-11)20-16(21)10-1-4-12(18)5-2-10/h1-6,8-9,15H,7H2,(H,20,21)/t15-/m1/s1. The van der Waals surface area contributed by atoms with Gasteiger partial charge in [0.15, 0.2) is 6.10 Å². The molecule has 3 rings (SSSR count). The SMILES string of the molecule is O=C(Nc1cc(Br)ccc1[C@H]1CC=NO1)c1ccc(F)cc1. The smallest absolute Gasteiger partial charge is 0.255 e. The first kappa shape index (κ1) is 14.7. The maximum atomic E-state index is 12.9. The Hall–Kier alpha value is -2.21. The maximum absolute atomic E-state index is 12.9. The van der Waals surface area contributed by atoms with Crippen LogP contribution in [-0.4, -0.2) is 12.1 Å². The summed E-state index contributed by atoms with van der Waals surface area (Å²) in [5.41, 5.74) is 1.87. The van der Waals surface area contributed by atoms with Gasteiger partial charge in [0.1, 0.15) is 5.82 Å². The summed E-state index contributed by atoms with van der Waals surface area (Å²) in [4.78, 5) is 17.6. The van der Waals surface area contributed by atoms with Gasteiger partial charge < -0.3 is 10.2 Å². The van der Waals surface area contributed by atoms with Crippen molar-refractivity contribution in [3.63, 3.8) is 0 Å². The van der Waals surface area contributed by atoms with Gasteiger partial charge in [-0.2, -0.15) is 0 Å². The molecule has 1 heterocycles. The minimum absolute atomic E-state index is 0.211. The van der Waals surface area contributed by atoms with E-state index >= 15 is 0 Å². The molecule has 112 valence electrons. The molecule has 1 aliphatic rings. The zero-order valence-corrected chi connectivity index (χ0v) is 13.0. The first-order valence-electron chi connectivity index (χ1n) is 6.67. The molecule has 1 N–H and O–H groups in total. The first-order chi connectivity index (χ1) is 10.6. The van der Waals surface area contributed by atoms with Crippen molar-refractivity contribution < 1.29 is 14.0 Å². The summed E-state index contributed by atoms with van der Waals surface area (Å²) >= 11 is 3.39. The molecule has 2 aromatic rings. The van der Waals surface area contributed by atoms with Gasteiger partial charge in [0, 0.05) is 33.9 Å². The summed E-state index contributed by atoms with van der Waals surface area (Å²) in [6.45, 7) is 0. The first-order valence-corrected chi connectivity index (χ1v) is 7.47. The lowest BCUT2D eigenvalue weighted by Gasteiger charge is -2.15. The molecule has 1 atom stereocenters. The molecule has 6 heteroatoms. The molecule has 0 saturated carbocycles. The van der Waals surface area contributed by atoms with Crippen molar-refractivity contribution in [2.24, 2.45) is 5.16 Å². The van der Waals surface area contributed by atoms with Crippen LogP contribution in [0.5, 0.6) is 0 Å². The lowest BCUT2D eigenvalue weighted by Crippen LogP contribution is -2.14. The lowest BCUT2D eigenvalue weighted by molar-refractivity contribution is 0.0861. The van der Waals surface area contributed by atoms with E-state index < -0.39 is 0 Å². The second kappa shape index (κ2) is 6.27. The molecule has 4 nitrogen and oxygen atoms in total. The molecule has 2 aromatic carbocycles. The van der Waals surface area contributed by atoms with Crippen LogP contribution in [0.3, 0.4) is 0 Å². The molecule has 22 heavy (non-hydrogen) atoms. The highest BCUT2D eigenvalue weighted by Crippen LogP contribution is 2.32. The van der Waals surface area contributed by atoms with Crippen LogP contribution in [-0.2, 0) is 4.84 Å². The van der Waals surface area contributed by atoms with E-state index in [0.717, 1.165) is 10.0 Å². The predicted octanol–water partition coefficient (Wildman–Crippen LogP) is 4.29. The predicted molar refractivity (Wildman–Crippen MR) is 85.4 cm³/mol. The summed E-state index contributed by atoms with van der Waals surface area (Å²) in [6.07, 6.45) is 2.14. The molecule has 0 saturated heterocycles. The van der Waals surface area contributed by atoms with Gasteiger partial charge in [-0.05, 0) is 36.4 Å². The second-order valence-corrected chi connectivity index (χ2v) is 5.73. The number of benzene rings is 2. The Kier molecular flexibility index (Phi) is 4.20. The molecule has 0 fully saturated rings. The minimum atomic E-state index is -0.379. The minimum Gasteiger partial charge on any atom is -0.387 e. The molecular weight excluding hydrogens is 351 g/mol. The molecule has 0 bridgehead atoms. The topological polar surface area (TPSA) is 50.7 Å². The Morgan fingerprint density at radius 1 is 1.27 bits per heavy atom. The third-order valence-electron chi connectivity index (χ3n) is 3.30. The average Bonchev–Trinajstić information content (AvgIpc) is 3.02. The molecular formula is C16H12BrFN2O2. The number of nitrogens with one attached hydrogen (secondary N) is 1. The highest BCUT2D eigenvalue weighted by Gasteiger charge is 2.21. The zero-order chi connectivity index (χ0) is 15.5. The van der Waals surface area contributed by atoms with Crippen molar-refractivity contribution in [1.29, 1.82) is 0 Å². The van der Waals surface area contributed by atoms with E-state index in [1.165, 1.54) is 24.3 Å². The van der Waals surface area contributed by atoms with Crippen molar-refractivity contribution in [3.05, 3.63) is 63.9 Å². The average molecular weight is 363 g/mol. The Morgan fingerprint density at radius 2 is 2.05 bits per heavy atom. The van der Waals surface area contributed by atoms with Crippen molar-refractivity contribution in [3.8, 4) is 0 Å². The van der Waals surface area contributed by atoms with Gasteiger partial charge in [-0.1, -0.05) is 27.2 Å². The molecule has 1 aliphatic heterocycles. The fourth-order valence-corrected chi connectivity index (χ4v) is 2.56. The number of carbonyl (C=O) groups is 1. The van der Waals surface area contributed by atoms with E-state index in [-0.39, 0.29) is 17.8 Å². The molecule has 1 amide bonds. The molecule has 0 unspecified atom stereocenters. The number of rotatable bonds is 3. The van der Waals surface area contributed by atoms with Gasteiger partial charge >= 0.3 is 0 Å². The third-order valence-corrected chi connectivity index (χ3v) is 3.79. The van der Waals surface area contributed by atoms with Gasteiger partial charge in [0.2, 0.25) is 0 Å². The fourth-order valence-electron chi connectivity index (χ4n) is 2.20. The van der Waals surface area contributed by atoms with Crippen LogP contribution >= 0.6 is 15.9 Å². The fraction of sp³-hybridized carbons (Fsp3) is 0.125. The highest BCUT2D eigenvalue weighted by atomic mass is 79.9. The number of anilines is 1. The maximum Gasteiger partial charge on any atom is 0.255 e. The van der Waals surface area contributed by atoms with E-state index in [2.05, 4.69) is 26.4 Å². The van der Waals surface area contributed by atoms with E-state index in [9.17, 15) is 9.18 Å².